The topological polar surface area (TPSA) is 98.1 Å². The zero-order valence-electron chi connectivity index (χ0n) is 18.0. The molecular formula is C22H25N5O3S2. The highest BCUT2D eigenvalue weighted by Gasteiger charge is 2.34. The first-order chi connectivity index (χ1) is 15.3. The summed E-state index contributed by atoms with van der Waals surface area (Å²) in [6, 6.07) is 15.3. The van der Waals surface area contributed by atoms with Crippen molar-refractivity contribution in [3.63, 3.8) is 0 Å². The van der Waals surface area contributed by atoms with Gasteiger partial charge in [-0.2, -0.15) is 4.68 Å². The average Bonchev–Trinajstić information content (AvgIpc) is 3.37. The van der Waals surface area contributed by atoms with Crippen LogP contribution in [-0.4, -0.2) is 62.7 Å². The lowest BCUT2D eigenvalue weighted by molar-refractivity contribution is -0.130. The van der Waals surface area contributed by atoms with Gasteiger partial charge in [-0.05, 0) is 47.4 Å². The van der Waals surface area contributed by atoms with Gasteiger partial charge in [0.05, 0.1) is 22.9 Å². The van der Waals surface area contributed by atoms with Gasteiger partial charge in [0.2, 0.25) is 11.1 Å². The van der Waals surface area contributed by atoms with Crippen LogP contribution in [0.15, 0.2) is 53.7 Å². The van der Waals surface area contributed by atoms with Gasteiger partial charge in [-0.1, -0.05) is 60.3 Å². The van der Waals surface area contributed by atoms with Gasteiger partial charge in [-0.15, -0.1) is 5.10 Å². The Bertz CT molecular complexity index is 1190. The number of tetrazole rings is 1. The minimum atomic E-state index is -3.11. The lowest BCUT2D eigenvalue weighted by Gasteiger charge is -2.28. The predicted molar refractivity (Wildman–Crippen MR) is 123 cm³/mol. The second-order valence-corrected chi connectivity index (χ2v) is 11.1. The summed E-state index contributed by atoms with van der Waals surface area (Å²) in [6.07, 6.45) is 0.464. The maximum absolute atomic E-state index is 13.3. The van der Waals surface area contributed by atoms with Crippen molar-refractivity contribution in [2.75, 3.05) is 17.3 Å². The molecule has 3 aromatic rings. The maximum Gasteiger partial charge on any atom is 0.233 e. The Kier molecular flexibility index (Phi) is 6.61. The number of hydrogen-bond donors (Lipinski definition) is 0. The molecule has 2 aromatic carbocycles. The number of carbonyl (C=O) groups is 1. The second-order valence-electron chi connectivity index (χ2n) is 7.97. The summed E-state index contributed by atoms with van der Waals surface area (Å²) in [6.45, 7) is 4.36. The van der Waals surface area contributed by atoms with Crippen molar-refractivity contribution in [1.82, 2.24) is 25.1 Å². The number of para-hydroxylation sites is 1. The van der Waals surface area contributed by atoms with Crippen molar-refractivity contribution in [1.29, 1.82) is 0 Å². The molecule has 0 aliphatic carbocycles. The molecule has 4 rings (SSSR count). The van der Waals surface area contributed by atoms with E-state index in [9.17, 15) is 13.2 Å². The highest BCUT2D eigenvalue weighted by Crippen LogP contribution is 2.25. The lowest BCUT2D eigenvalue weighted by Crippen LogP contribution is -2.41. The Hall–Kier alpha value is -2.72. The van der Waals surface area contributed by atoms with E-state index in [0.29, 0.717) is 18.1 Å². The van der Waals surface area contributed by atoms with Gasteiger partial charge in [0, 0.05) is 12.6 Å². The van der Waals surface area contributed by atoms with Crippen molar-refractivity contribution < 1.29 is 13.2 Å². The van der Waals surface area contributed by atoms with Crippen LogP contribution in [0.5, 0.6) is 0 Å². The molecule has 0 unspecified atom stereocenters. The quantitative estimate of drug-likeness (QED) is 0.489. The van der Waals surface area contributed by atoms with Crippen LogP contribution in [0.2, 0.25) is 0 Å². The standard InChI is InChI=1S/C22H25N5O3S2/c1-16-7-6-8-17(2)21(16)27-22(23-24-25-27)31-14-20(28)26(13-18-9-4-3-5-10-18)19-11-12-32(29,30)15-19/h3-10,19H,11-15H2,1-2H3/t19-/m1/s1. The lowest BCUT2D eigenvalue weighted by atomic mass is 10.1. The Morgan fingerprint density at radius 2 is 1.84 bits per heavy atom. The van der Waals surface area contributed by atoms with E-state index >= 15 is 0 Å². The van der Waals surface area contributed by atoms with E-state index in [4.69, 9.17) is 0 Å². The molecule has 8 nitrogen and oxygen atoms in total. The maximum atomic E-state index is 13.3. The van der Waals surface area contributed by atoms with Crippen LogP contribution in [0.25, 0.3) is 5.69 Å². The van der Waals surface area contributed by atoms with Gasteiger partial charge in [-0.3, -0.25) is 4.79 Å². The van der Waals surface area contributed by atoms with Crippen LogP contribution in [0, 0.1) is 13.8 Å². The number of amides is 1. The number of thioether (sulfide) groups is 1. The van der Waals surface area contributed by atoms with Crippen LogP contribution in [0.4, 0.5) is 0 Å². The Balaban J connectivity index is 1.53. The van der Waals surface area contributed by atoms with Crippen molar-refractivity contribution in [3.05, 3.63) is 65.2 Å². The zero-order valence-corrected chi connectivity index (χ0v) is 19.6. The second kappa shape index (κ2) is 9.41. The number of sulfone groups is 1. The molecular weight excluding hydrogens is 446 g/mol. The third kappa shape index (κ3) is 5.02. The number of nitrogens with zero attached hydrogens (tertiary/aromatic N) is 5. The molecule has 1 amide bonds. The highest BCUT2D eigenvalue weighted by molar-refractivity contribution is 7.99. The summed E-state index contributed by atoms with van der Waals surface area (Å²) in [4.78, 5) is 14.9. The van der Waals surface area contributed by atoms with Gasteiger partial charge in [0.1, 0.15) is 0 Å². The summed E-state index contributed by atoms with van der Waals surface area (Å²) >= 11 is 1.26. The monoisotopic (exact) mass is 471 g/mol. The first kappa shape index (κ1) is 22.5. The molecule has 0 spiro atoms. The number of benzene rings is 2. The molecule has 0 saturated carbocycles. The molecule has 1 aliphatic rings. The number of hydrogen-bond acceptors (Lipinski definition) is 7. The molecule has 168 valence electrons. The molecule has 32 heavy (non-hydrogen) atoms. The van der Waals surface area contributed by atoms with Crippen molar-refractivity contribution in [2.45, 2.75) is 38.0 Å². The first-order valence-electron chi connectivity index (χ1n) is 10.4. The molecule has 1 aromatic heterocycles. The third-order valence-corrected chi connectivity index (χ3v) is 8.24. The zero-order chi connectivity index (χ0) is 22.7. The fourth-order valence-electron chi connectivity index (χ4n) is 3.98. The van der Waals surface area contributed by atoms with E-state index in [0.717, 1.165) is 22.4 Å². The Labute approximate surface area is 191 Å². The summed E-state index contributed by atoms with van der Waals surface area (Å²) in [5.74, 6) is 0.121. The van der Waals surface area contributed by atoms with E-state index in [1.165, 1.54) is 11.8 Å². The predicted octanol–water partition coefficient (Wildman–Crippen LogP) is 2.59. The minimum Gasteiger partial charge on any atom is -0.334 e. The minimum absolute atomic E-state index is 0.0103. The van der Waals surface area contributed by atoms with Crippen LogP contribution in [0.3, 0.4) is 0 Å². The largest absolute Gasteiger partial charge is 0.334 e. The number of rotatable bonds is 7. The van der Waals surface area contributed by atoms with E-state index < -0.39 is 9.84 Å². The van der Waals surface area contributed by atoms with Gasteiger partial charge in [-0.25, -0.2) is 8.42 Å². The van der Waals surface area contributed by atoms with Gasteiger partial charge in [0.15, 0.2) is 9.84 Å². The summed E-state index contributed by atoms with van der Waals surface area (Å²) in [5.41, 5.74) is 3.94. The number of aromatic nitrogens is 4. The Morgan fingerprint density at radius 1 is 1.12 bits per heavy atom. The van der Waals surface area contributed by atoms with Crippen LogP contribution < -0.4 is 0 Å². The first-order valence-corrected chi connectivity index (χ1v) is 13.2. The SMILES string of the molecule is Cc1cccc(C)c1-n1nnnc1SCC(=O)N(Cc1ccccc1)[C@@H]1CCS(=O)(=O)C1. The van der Waals surface area contributed by atoms with Crippen LogP contribution in [0.1, 0.15) is 23.1 Å². The smallest absolute Gasteiger partial charge is 0.233 e. The highest BCUT2D eigenvalue weighted by atomic mass is 32.2. The normalized spacial score (nSPS) is 17.4. The van der Waals surface area contributed by atoms with Gasteiger partial charge < -0.3 is 4.90 Å². The average molecular weight is 472 g/mol. The molecule has 0 radical (unpaired) electrons. The molecule has 1 atom stereocenters. The molecule has 1 saturated heterocycles. The number of carbonyl (C=O) groups excluding carboxylic acids is 1. The molecule has 0 N–H and O–H groups in total. The van der Waals surface area contributed by atoms with Crippen molar-refractivity contribution in [2.24, 2.45) is 0 Å². The number of aryl methyl sites for hydroxylation is 2. The fourth-order valence-corrected chi connectivity index (χ4v) is 6.47. The van der Waals surface area contributed by atoms with Crippen LogP contribution >= 0.6 is 11.8 Å². The van der Waals surface area contributed by atoms with E-state index in [-0.39, 0.29) is 29.2 Å². The Morgan fingerprint density at radius 3 is 2.50 bits per heavy atom. The van der Waals surface area contributed by atoms with Gasteiger partial charge in [0.25, 0.3) is 0 Å². The van der Waals surface area contributed by atoms with Crippen molar-refractivity contribution >= 4 is 27.5 Å². The molecule has 1 fully saturated rings. The molecule has 2 heterocycles. The van der Waals surface area contributed by atoms with Crippen LogP contribution in [-0.2, 0) is 21.2 Å². The summed E-state index contributed by atoms with van der Waals surface area (Å²) in [5, 5.41) is 12.6. The summed E-state index contributed by atoms with van der Waals surface area (Å²) in [7, 11) is -3.11. The van der Waals surface area contributed by atoms with Crippen molar-refractivity contribution in [3.8, 4) is 5.69 Å². The van der Waals surface area contributed by atoms with Gasteiger partial charge >= 0.3 is 0 Å². The summed E-state index contributed by atoms with van der Waals surface area (Å²) < 4.78 is 25.8. The molecule has 10 heteroatoms. The molecule has 1 aliphatic heterocycles. The fraction of sp³-hybridized carbons (Fsp3) is 0.364. The van der Waals surface area contributed by atoms with E-state index in [1.807, 2.05) is 62.4 Å². The molecule has 0 bridgehead atoms. The third-order valence-electron chi connectivity index (χ3n) is 5.58. The van der Waals surface area contributed by atoms with E-state index in [1.54, 1.807) is 9.58 Å². The van der Waals surface area contributed by atoms with E-state index in [2.05, 4.69) is 15.5 Å².